The zero-order valence-corrected chi connectivity index (χ0v) is 18.0. The van der Waals surface area contributed by atoms with Gasteiger partial charge in [0.25, 0.3) is 0 Å². The minimum Gasteiger partial charge on any atom is -0.506 e. The molecule has 0 saturated heterocycles. The standard InChI is InChI=1S/C21H25N3O7S/c25-17-5-1-2-6-19(17)31-12-4-3-11-22-20(27)10-8-15-7-9-16(18(26)13-15)24-14-21(28)23-32(24,29)30/h1-2,5-7,9,13-14,23,25-26,28H,3-4,8,10-12H2,(H,22,27). The fraction of sp³-hybridized carbons (Fsp3) is 0.286. The Kier molecular flexibility index (Phi) is 7.31. The van der Waals surface area contributed by atoms with E-state index in [1.807, 2.05) is 4.72 Å². The van der Waals surface area contributed by atoms with Crippen LogP contribution in [0.4, 0.5) is 5.69 Å². The molecule has 2 aromatic carbocycles. The highest BCUT2D eigenvalue weighted by Gasteiger charge is 2.30. The Labute approximate surface area is 185 Å². The van der Waals surface area contributed by atoms with Crippen molar-refractivity contribution in [1.82, 2.24) is 10.0 Å². The van der Waals surface area contributed by atoms with Crippen LogP contribution in [-0.2, 0) is 21.4 Å². The number of unbranched alkanes of at least 4 members (excludes halogenated alkanes) is 1. The number of nitrogens with one attached hydrogen (secondary N) is 2. The van der Waals surface area contributed by atoms with Gasteiger partial charge in [-0.1, -0.05) is 18.2 Å². The topological polar surface area (TPSA) is 148 Å². The number of rotatable bonds is 10. The highest BCUT2D eigenvalue weighted by molar-refractivity contribution is 7.91. The molecule has 0 atom stereocenters. The normalized spacial score (nSPS) is 14.5. The number of aliphatic hydroxyl groups is 1. The minimum atomic E-state index is -3.99. The fourth-order valence-corrected chi connectivity index (χ4v) is 4.13. The average molecular weight is 464 g/mol. The molecule has 172 valence electrons. The van der Waals surface area contributed by atoms with Crippen molar-refractivity contribution in [2.24, 2.45) is 0 Å². The van der Waals surface area contributed by atoms with Crippen molar-refractivity contribution < 1.29 is 33.3 Å². The van der Waals surface area contributed by atoms with Gasteiger partial charge in [0, 0.05) is 13.0 Å². The van der Waals surface area contributed by atoms with Crippen molar-refractivity contribution in [3.8, 4) is 17.2 Å². The minimum absolute atomic E-state index is 0.0132. The molecule has 0 bridgehead atoms. The highest BCUT2D eigenvalue weighted by atomic mass is 32.2. The third-order valence-electron chi connectivity index (χ3n) is 4.67. The number of ether oxygens (including phenoxy) is 1. The number of aliphatic hydroxyl groups excluding tert-OH is 1. The van der Waals surface area contributed by atoms with E-state index in [-0.39, 0.29) is 29.5 Å². The molecule has 3 rings (SSSR count). The van der Waals surface area contributed by atoms with Crippen molar-refractivity contribution in [2.75, 3.05) is 17.5 Å². The molecule has 1 amide bonds. The highest BCUT2D eigenvalue weighted by Crippen LogP contribution is 2.32. The van der Waals surface area contributed by atoms with Crippen LogP contribution in [0.3, 0.4) is 0 Å². The SMILES string of the molecule is O=C(CCc1ccc(N2C=C(O)NS2(=O)=O)c(O)c1)NCCCCOc1ccccc1O. The number of aromatic hydroxyl groups is 2. The zero-order valence-electron chi connectivity index (χ0n) is 17.2. The molecule has 32 heavy (non-hydrogen) atoms. The summed E-state index contributed by atoms with van der Waals surface area (Å²) in [6, 6.07) is 11.1. The summed E-state index contributed by atoms with van der Waals surface area (Å²) < 4.78 is 31.9. The fourth-order valence-electron chi connectivity index (χ4n) is 3.06. The van der Waals surface area contributed by atoms with Gasteiger partial charge in [-0.15, -0.1) is 0 Å². The van der Waals surface area contributed by atoms with Gasteiger partial charge in [0.05, 0.1) is 12.8 Å². The molecule has 0 unspecified atom stereocenters. The molecule has 0 radical (unpaired) electrons. The van der Waals surface area contributed by atoms with Gasteiger partial charge < -0.3 is 25.4 Å². The molecular formula is C21H25N3O7S. The van der Waals surface area contributed by atoms with Crippen LogP contribution in [-0.4, -0.2) is 42.8 Å². The third-order valence-corrected chi connectivity index (χ3v) is 5.95. The first-order chi connectivity index (χ1) is 15.3. The maximum Gasteiger partial charge on any atom is 0.330 e. The van der Waals surface area contributed by atoms with E-state index in [0.717, 1.165) is 10.5 Å². The zero-order chi connectivity index (χ0) is 23.1. The Morgan fingerprint density at radius 3 is 2.53 bits per heavy atom. The van der Waals surface area contributed by atoms with Gasteiger partial charge in [0.2, 0.25) is 11.8 Å². The summed E-state index contributed by atoms with van der Waals surface area (Å²) in [5.74, 6) is -0.460. The smallest absolute Gasteiger partial charge is 0.330 e. The van der Waals surface area contributed by atoms with Crippen molar-refractivity contribution in [3.05, 3.63) is 60.1 Å². The quantitative estimate of drug-likeness (QED) is 0.339. The van der Waals surface area contributed by atoms with E-state index in [4.69, 9.17) is 4.74 Å². The van der Waals surface area contributed by atoms with Crippen LogP contribution < -0.4 is 19.1 Å². The van der Waals surface area contributed by atoms with E-state index in [2.05, 4.69) is 5.32 Å². The van der Waals surface area contributed by atoms with E-state index in [1.165, 1.54) is 12.1 Å². The molecule has 0 aliphatic carbocycles. The summed E-state index contributed by atoms with van der Waals surface area (Å²) in [6.45, 7) is 0.914. The van der Waals surface area contributed by atoms with Crippen molar-refractivity contribution in [2.45, 2.75) is 25.7 Å². The van der Waals surface area contributed by atoms with Crippen LogP contribution in [0.25, 0.3) is 0 Å². The van der Waals surface area contributed by atoms with E-state index >= 15 is 0 Å². The number of phenolic OH excluding ortho intramolecular Hbond substituents is 2. The number of hydrogen-bond donors (Lipinski definition) is 5. The number of anilines is 1. The predicted octanol–water partition coefficient (Wildman–Crippen LogP) is 2.02. The average Bonchev–Trinajstić information content (AvgIpc) is 3.02. The van der Waals surface area contributed by atoms with Crippen molar-refractivity contribution in [3.63, 3.8) is 0 Å². The Balaban J connectivity index is 1.38. The Morgan fingerprint density at radius 1 is 1.06 bits per heavy atom. The predicted molar refractivity (Wildman–Crippen MR) is 118 cm³/mol. The second kappa shape index (κ2) is 10.1. The molecule has 1 heterocycles. The van der Waals surface area contributed by atoms with E-state index in [0.29, 0.717) is 43.7 Å². The molecule has 0 aromatic heterocycles. The maximum atomic E-state index is 12.0. The van der Waals surface area contributed by atoms with Gasteiger partial charge in [0.1, 0.15) is 11.4 Å². The Hall–Kier alpha value is -3.60. The molecule has 2 aromatic rings. The third kappa shape index (κ3) is 5.97. The monoisotopic (exact) mass is 463 g/mol. The molecule has 11 heteroatoms. The lowest BCUT2D eigenvalue weighted by Crippen LogP contribution is -2.29. The number of hydrogen-bond acceptors (Lipinski definition) is 7. The summed E-state index contributed by atoms with van der Waals surface area (Å²) >= 11 is 0. The van der Waals surface area contributed by atoms with Crippen LogP contribution in [0.15, 0.2) is 54.5 Å². The van der Waals surface area contributed by atoms with Gasteiger partial charge in [-0.2, -0.15) is 8.42 Å². The first kappa shape index (κ1) is 23.1. The van der Waals surface area contributed by atoms with Crippen molar-refractivity contribution in [1.29, 1.82) is 0 Å². The molecule has 1 aliphatic heterocycles. The van der Waals surface area contributed by atoms with E-state index < -0.39 is 16.1 Å². The second-order valence-corrected chi connectivity index (χ2v) is 8.66. The Bertz CT molecular complexity index is 1100. The number of carbonyl (C=O) groups is 1. The lowest BCUT2D eigenvalue weighted by molar-refractivity contribution is -0.121. The van der Waals surface area contributed by atoms with Gasteiger partial charge in [0.15, 0.2) is 11.5 Å². The lowest BCUT2D eigenvalue weighted by Gasteiger charge is -2.16. The van der Waals surface area contributed by atoms with Crippen LogP contribution >= 0.6 is 0 Å². The summed E-state index contributed by atoms with van der Waals surface area (Å²) in [4.78, 5) is 12.0. The summed E-state index contributed by atoms with van der Waals surface area (Å²) in [6.07, 6.45) is 2.94. The number of amides is 1. The molecule has 0 spiro atoms. The van der Waals surface area contributed by atoms with Crippen LogP contribution in [0.1, 0.15) is 24.8 Å². The first-order valence-electron chi connectivity index (χ1n) is 9.98. The number of para-hydroxylation sites is 2. The second-order valence-electron chi connectivity index (χ2n) is 7.11. The Morgan fingerprint density at radius 2 is 1.84 bits per heavy atom. The summed E-state index contributed by atoms with van der Waals surface area (Å²) in [5, 5.41) is 32.0. The van der Waals surface area contributed by atoms with E-state index in [1.54, 1.807) is 30.3 Å². The summed E-state index contributed by atoms with van der Waals surface area (Å²) in [7, 11) is -3.99. The maximum absolute atomic E-state index is 12.0. The van der Waals surface area contributed by atoms with Crippen molar-refractivity contribution >= 4 is 21.8 Å². The first-order valence-corrected chi connectivity index (χ1v) is 11.4. The molecule has 5 N–H and O–H groups in total. The molecule has 10 nitrogen and oxygen atoms in total. The number of carbonyl (C=O) groups excluding carboxylic acids is 1. The number of aryl methyl sites for hydroxylation is 1. The van der Waals surface area contributed by atoms with Gasteiger partial charge >= 0.3 is 10.2 Å². The van der Waals surface area contributed by atoms with Gasteiger partial charge in [-0.05, 0) is 49.1 Å². The van der Waals surface area contributed by atoms with Gasteiger partial charge in [-0.3, -0.25) is 4.79 Å². The van der Waals surface area contributed by atoms with Crippen LogP contribution in [0.2, 0.25) is 0 Å². The van der Waals surface area contributed by atoms with Gasteiger partial charge in [-0.25, -0.2) is 9.03 Å². The molecule has 1 aliphatic rings. The van der Waals surface area contributed by atoms with E-state index in [9.17, 15) is 28.5 Å². The molecule has 0 fully saturated rings. The number of benzene rings is 2. The molecule has 0 saturated carbocycles. The van der Waals surface area contributed by atoms with Crippen LogP contribution in [0.5, 0.6) is 17.2 Å². The largest absolute Gasteiger partial charge is 0.506 e. The number of phenols is 2. The molecular weight excluding hydrogens is 438 g/mol. The van der Waals surface area contributed by atoms with Crippen LogP contribution in [0, 0.1) is 0 Å². The number of nitrogens with zero attached hydrogens (tertiary/aromatic N) is 1. The summed E-state index contributed by atoms with van der Waals surface area (Å²) in [5.41, 5.74) is 0.649. The lowest BCUT2D eigenvalue weighted by atomic mass is 10.1.